The lowest BCUT2D eigenvalue weighted by Crippen LogP contribution is -1.87. The van der Waals surface area contributed by atoms with Gasteiger partial charge in [-0.05, 0) is 30.7 Å². The third-order valence-electron chi connectivity index (χ3n) is 2.41. The standard InChI is InChI=1S/C12H12N2O3S/c1-8-2-3-9(13)6-11(8)18-7-10-4-5-12(17-10)14(15)16/h2-6H,7,13H2,1H3. The van der Waals surface area contributed by atoms with Crippen LogP contribution in [0.2, 0.25) is 0 Å². The van der Waals surface area contributed by atoms with Gasteiger partial charge in [0.25, 0.3) is 0 Å². The summed E-state index contributed by atoms with van der Waals surface area (Å²) in [6.45, 7) is 1.99. The average Bonchev–Trinajstić information content (AvgIpc) is 2.79. The smallest absolute Gasteiger partial charge is 0.405 e. The van der Waals surface area contributed by atoms with Gasteiger partial charge in [-0.3, -0.25) is 10.1 Å². The summed E-state index contributed by atoms with van der Waals surface area (Å²) in [5.74, 6) is 0.890. The molecule has 2 aromatic rings. The van der Waals surface area contributed by atoms with Gasteiger partial charge in [0, 0.05) is 10.6 Å². The van der Waals surface area contributed by atoms with Crippen LogP contribution in [0.5, 0.6) is 0 Å². The molecule has 0 fully saturated rings. The zero-order valence-electron chi connectivity index (χ0n) is 9.75. The molecular weight excluding hydrogens is 252 g/mol. The number of thioether (sulfide) groups is 1. The molecule has 0 amide bonds. The third-order valence-corrected chi connectivity index (χ3v) is 3.59. The van der Waals surface area contributed by atoms with Crippen molar-refractivity contribution >= 4 is 23.3 Å². The van der Waals surface area contributed by atoms with E-state index in [9.17, 15) is 10.1 Å². The number of aryl methyl sites for hydroxylation is 1. The van der Waals surface area contributed by atoms with E-state index in [2.05, 4.69) is 0 Å². The number of nitrogens with zero attached hydrogens (tertiary/aromatic N) is 1. The molecule has 0 saturated carbocycles. The van der Waals surface area contributed by atoms with Gasteiger partial charge in [0.15, 0.2) is 0 Å². The number of hydrogen-bond acceptors (Lipinski definition) is 5. The van der Waals surface area contributed by atoms with Crippen molar-refractivity contribution in [2.75, 3.05) is 5.73 Å². The molecule has 0 unspecified atom stereocenters. The largest absolute Gasteiger partial charge is 0.433 e. The van der Waals surface area contributed by atoms with E-state index in [0.29, 0.717) is 17.2 Å². The maximum Gasteiger partial charge on any atom is 0.433 e. The molecule has 0 spiro atoms. The number of anilines is 1. The summed E-state index contributed by atoms with van der Waals surface area (Å²) >= 11 is 1.54. The predicted octanol–water partition coefficient (Wildman–Crippen LogP) is 3.37. The van der Waals surface area contributed by atoms with E-state index in [4.69, 9.17) is 10.2 Å². The monoisotopic (exact) mass is 264 g/mol. The van der Waals surface area contributed by atoms with Gasteiger partial charge >= 0.3 is 5.88 Å². The maximum atomic E-state index is 10.5. The molecule has 0 aliphatic carbocycles. The number of nitro groups is 1. The Hall–Kier alpha value is -1.95. The van der Waals surface area contributed by atoms with Crippen LogP contribution in [0, 0.1) is 17.0 Å². The Kier molecular flexibility index (Phi) is 3.57. The van der Waals surface area contributed by atoms with E-state index in [0.717, 1.165) is 10.5 Å². The Labute approximate surface area is 108 Å². The van der Waals surface area contributed by atoms with Crippen LogP contribution in [-0.2, 0) is 5.75 Å². The topological polar surface area (TPSA) is 82.3 Å². The van der Waals surface area contributed by atoms with Crippen LogP contribution in [0.4, 0.5) is 11.6 Å². The molecule has 0 aliphatic heterocycles. The van der Waals surface area contributed by atoms with Gasteiger partial charge in [-0.2, -0.15) is 0 Å². The molecule has 1 heterocycles. The van der Waals surface area contributed by atoms with Gasteiger partial charge in [-0.25, -0.2) is 0 Å². The first kappa shape index (κ1) is 12.5. The number of furan rings is 1. The Morgan fingerprint density at radius 3 is 2.83 bits per heavy atom. The van der Waals surface area contributed by atoms with E-state index in [1.807, 2.05) is 25.1 Å². The molecule has 2 rings (SSSR count). The molecule has 5 nitrogen and oxygen atoms in total. The van der Waals surface area contributed by atoms with E-state index >= 15 is 0 Å². The summed E-state index contributed by atoms with van der Waals surface area (Å²) in [6, 6.07) is 8.66. The zero-order valence-corrected chi connectivity index (χ0v) is 10.6. The highest BCUT2D eigenvalue weighted by Gasteiger charge is 2.12. The Morgan fingerprint density at radius 2 is 2.17 bits per heavy atom. The number of benzene rings is 1. The molecule has 1 aromatic heterocycles. The first-order chi connectivity index (χ1) is 8.56. The maximum absolute atomic E-state index is 10.5. The van der Waals surface area contributed by atoms with Crippen molar-refractivity contribution in [3.05, 3.63) is 51.8 Å². The third kappa shape index (κ3) is 2.84. The van der Waals surface area contributed by atoms with Gasteiger partial charge in [-0.15, -0.1) is 11.8 Å². The Bertz CT molecular complexity index is 580. The fourth-order valence-electron chi connectivity index (χ4n) is 1.46. The molecule has 0 saturated heterocycles. The summed E-state index contributed by atoms with van der Waals surface area (Å²) in [4.78, 5) is 11.0. The van der Waals surface area contributed by atoms with Crippen molar-refractivity contribution in [3.8, 4) is 0 Å². The summed E-state index contributed by atoms with van der Waals surface area (Å²) < 4.78 is 5.09. The minimum Gasteiger partial charge on any atom is -0.405 e. The van der Waals surface area contributed by atoms with Crippen molar-refractivity contribution < 1.29 is 9.34 Å². The van der Waals surface area contributed by atoms with Gasteiger partial charge < -0.3 is 10.2 Å². The second-order valence-electron chi connectivity index (χ2n) is 3.81. The second-order valence-corrected chi connectivity index (χ2v) is 4.83. The summed E-state index contributed by atoms with van der Waals surface area (Å²) in [6.07, 6.45) is 0. The molecule has 0 atom stereocenters. The predicted molar refractivity (Wildman–Crippen MR) is 70.5 cm³/mol. The number of nitrogen functional groups attached to an aromatic ring is 1. The van der Waals surface area contributed by atoms with Crippen LogP contribution >= 0.6 is 11.8 Å². The minimum absolute atomic E-state index is 0.227. The Morgan fingerprint density at radius 1 is 1.39 bits per heavy atom. The molecule has 0 bridgehead atoms. The molecule has 94 valence electrons. The summed E-state index contributed by atoms with van der Waals surface area (Å²) in [5, 5.41) is 10.5. The minimum atomic E-state index is -0.542. The highest BCUT2D eigenvalue weighted by Crippen LogP contribution is 2.29. The van der Waals surface area contributed by atoms with Gasteiger partial charge in [-0.1, -0.05) is 6.07 Å². The van der Waals surface area contributed by atoms with Crippen LogP contribution in [0.15, 0.2) is 39.6 Å². The average molecular weight is 264 g/mol. The Balaban J connectivity index is 2.06. The highest BCUT2D eigenvalue weighted by molar-refractivity contribution is 7.98. The normalized spacial score (nSPS) is 10.5. The second kappa shape index (κ2) is 5.14. The van der Waals surface area contributed by atoms with Crippen LogP contribution < -0.4 is 5.73 Å². The lowest BCUT2D eigenvalue weighted by Gasteiger charge is -2.05. The lowest BCUT2D eigenvalue weighted by atomic mass is 10.2. The molecule has 6 heteroatoms. The van der Waals surface area contributed by atoms with Gasteiger partial charge in [0.05, 0.1) is 11.8 Å². The molecule has 0 radical (unpaired) electrons. The van der Waals surface area contributed by atoms with Crippen molar-refractivity contribution in [1.29, 1.82) is 0 Å². The summed E-state index contributed by atoms with van der Waals surface area (Å²) in [5.41, 5.74) is 7.54. The number of rotatable bonds is 4. The van der Waals surface area contributed by atoms with E-state index < -0.39 is 4.92 Å². The number of nitrogens with two attached hydrogens (primary N) is 1. The molecule has 1 aromatic carbocycles. The van der Waals surface area contributed by atoms with Crippen LogP contribution in [0.3, 0.4) is 0 Å². The van der Waals surface area contributed by atoms with Gasteiger partial charge in [0.1, 0.15) is 10.7 Å². The van der Waals surface area contributed by atoms with Crippen molar-refractivity contribution in [2.45, 2.75) is 17.6 Å². The van der Waals surface area contributed by atoms with Crippen LogP contribution in [0.1, 0.15) is 11.3 Å². The van der Waals surface area contributed by atoms with E-state index in [1.54, 1.807) is 17.8 Å². The van der Waals surface area contributed by atoms with Crippen molar-refractivity contribution in [2.24, 2.45) is 0 Å². The van der Waals surface area contributed by atoms with Crippen molar-refractivity contribution in [3.63, 3.8) is 0 Å². The molecular formula is C12H12N2O3S. The summed E-state index contributed by atoms with van der Waals surface area (Å²) in [7, 11) is 0. The lowest BCUT2D eigenvalue weighted by molar-refractivity contribution is -0.402. The van der Waals surface area contributed by atoms with Crippen molar-refractivity contribution in [1.82, 2.24) is 0 Å². The molecule has 0 aliphatic rings. The first-order valence-corrected chi connectivity index (χ1v) is 6.27. The van der Waals surface area contributed by atoms with Gasteiger partial charge in [0.2, 0.25) is 0 Å². The zero-order chi connectivity index (χ0) is 13.1. The quantitative estimate of drug-likeness (QED) is 0.396. The fraction of sp³-hybridized carbons (Fsp3) is 0.167. The van der Waals surface area contributed by atoms with Crippen LogP contribution in [0.25, 0.3) is 0 Å². The fourth-order valence-corrected chi connectivity index (χ4v) is 2.43. The highest BCUT2D eigenvalue weighted by atomic mass is 32.2. The van der Waals surface area contributed by atoms with E-state index in [-0.39, 0.29) is 5.88 Å². The SMILES string of the molecule is Cc1ccc(N)cc1SCc1ccc([N+](=O)[O-])o1. The molecule has 18 heavy (non-hydrogen) atoms. The first-order valence-electron chi connectivity index (χ1n) is 5.28. The molecule has 2 N–H and O–H groups in total. The number of hydrogen-bond donors (Lipinski definition) is 1. The van der Waals surface area contributed by atoms with Crippen LogP contribution in [-0.4, -0.2) is 4.92 Å². The van der Waals surface area contributed by atoms with E-state index in [1.165, 1.54) is 6.07 Å².